The quantitative estimate of drug-likeness (QED) is 0.872. The Morgan fingerprint density at radius 1 is 0.947 bits per heavy atom. The first-order chi connectivity index (χ1) is 8.99. The van der Waals surface area contributed by atoms with Crippen LogP contribution in [0.3, 0.4) is 0 Å². The summed E-state index contributed by atoms with van der Waals surface area (Å²) >= 11 is 0. The molecule has 0 N–H and O–H groups in total. The van der Waals surface area contributed by atoms with Crippen molar-refractivity contribution in [1.29, 1.82) is 0 Å². The SMILES string of the molecule is Cc1ccc(S(=O)(=O)/N=S(/C)c2ccccc2)cc1. The van der Waals surface area contributed by atoms with E-state index in [1.807, 2.05) is 37.3 Å². The number of benzene rings is 2. The summed E-state index contributed by atoms with van der Waals surface area (Å²) in [7, 11) is -4.26. The largest absolute Gasteiger partial charge is 0.288 e. The van der Waals surface area contributed by atoms with E-state index < -0.39 is 20.7 Å². The van der Waals surface area contributed by atoms with Gasteiger partial charge in [-0.15, -0.1) is 3.77 Å². The Labute approximate surface area is 116 Å². The van der Waals surface area contributed by atoms with E-state index in [1.165, 1.54) is 0 Å². The van der Waals surface area contributed by atoms with E-state index in [1.54, 1.807) is 30.5 Å². The maximum Gasteiger partial charge on any atom is 0.288 e. The van der Waals surface area contributed by atoms with E-state index >= 15 is 0 Å². The molecule has 2 aromatic rings. The molecule has 2 aromatic carbocycles. The predicted octanol–water partition coefficient (Wildman–Crippen LogP) is 3.17. The molecule has 1 atom stereocenters. The van der Waals surface area contributed by atoms with Gasteiger partial charge in [0.1, 0.15) is 0 Å². The number of hydrogen-bond donors (Lipinski definition) is 0. The summed E-state index contributed by atoms with van der Waals surface area (Å²) < 4.78 is 28.3. The molecule has 0 saturated carbocycles. The summed E-state index contributed by atoms with van der Waals surface area (Å²) in [6, 6.07) is 16.2. The summed E-state index contributed by atoms with van der Waals surface area (Å²) in [4.78, 5) is 1.16. The van der Waals surface area contributed by atoms with Crippen LogP contribution in [0.1, 0.15) is 5.56 Å². The van der Waals surface area contributed by atoms with Crippen molar-refractivity contribution in [2.24, 2.45) is 3.77 Å². The minimum Gasteiger partial charge on any atom is -0.199 e. The Bertz CT molecular complexity index is 690. The Hall–Kier alpha value is -1.46. The molecule has 2 rings (SSSR count). The van der Waals surface area contributed by atoms with Crippen LogP contribution in [0.2, 0.25) is 0 Å². The molecular formula is C14H15NO2S2. The standard InChI is InChI=1S/C14H15NO2S2/c1-12-8-10-14(11-9-12)19(16,17)15-18(2)13-6-4-3-5-7-13/h3-11H,1-2H3. The zero-order valence-electron chi connectivity index (χ0n) is 10.8. The second-order valence-corrected chi connectivity index (χ2v) is 7.60. The minimum atomic E-state index is -3.59. The smallest absolute Gasteiger partial charge is 0.199 e. The second kappa shape index (κ2) is 5.67. The van der Waals surface area contributed by atoms with Crippen molar-refractivity contribution in [3.05, 3.63) is 60.2 Å². The summed E-state index contributed by atoms with van der Waals surface area (Å²) in [5, 5.41) is 0. The Morgan fingerprint density at radius 3 is 2.11 bits per heavy atom. The van der Waals surface area contributed by atoms with Gasteiger partial charge in [-0.05, 0) is 37.4 Å². The van der Waals surface area contributed by atoms with Gasteiger partial charge in [0.2, 0.25) is 0 Å². The zero-order valence-corrected chi connectivity index (χ0v) is 12.4. The highest BCUT2D eigenvalue weighted by Gasteiger charge is 2.12. The molecule has 0 amide bonds. The zero-order chi connectivity index (χ0) is 13.9. The Kier molecular flexibility index (Phi) is 4.17. The number of rotatable bonds is 3. The van der Waals surface area contributed by atoms with Crippen LogP contribution in [0.5, 0.6) is 0 Å². The van der Waals surface area contributed by atoms with Gasteiger partial charge in [-0.1, -0.05) is 46.6 Å². The van der Waals surface area contributed by atoms with Gasteiger partial charge in [-0.25, -0.2) is 0 Å². The van der Waals surface area contributed by atoms with E-state index in [9.17, 15) is 8.42 Å². The van der Waals surface area contributed by atoms with Crippen molar-refractivity contribution in [3.8, 4) is 0 Å². The van der Waals surface area contributed by atoms with Crippen LogP contribution in [-0.2, 0) is 20.7 Å². The number of hydrogen-bond acceptors (Lipinski definition) is 2. The van der Waals surface area contributed by atoms with E-state index in [-0.39, 0.29) is 4.90 Å². The van der Waals surface area contributed by atoms with Crippen molar-refractivity contribution in [2.75, 3.05) is 6.26 Å². The highest BCUT2D eigenvalue weighted by molar-refractivity contribution is 7.99. The lowest BCUT2D eigenvalue weighted by atomic mass is 10.2. The first-order valence-electron chi connectivity index (χ1n) is 5.75. The fourth-order valence-corrected chi connectivity index (χ4v) is 4.46. The molecule has 3 nitrogen and oxygen atoms in total. The lowest BCUT2D eigenvalue weighted by Crippen LogP contribution is -2.00. The van der Waals surface area contributed by atoms with Gasteiger partial charge in [0.15, 0.2) is 0 Å². The molecule has 0 fully saturated rings. The first-order valence-corrected chi connectivity index (χ1v) is 8.78. The van der Waals surface area contributed by atoms with Crippen molar-refractivity contribution < 1.29 is 8.42 Å². The molecule has 0 heterocycles. The third kappa shape index (κ3) is 3.52. The molecule has 0 aromatic heterocycles. The average molecular weight is 293 g/mol. The second-order valence-electron chi connectivity index (χ2n) is 4.15. The van der Waals surface area contributed by atoms with Crippen molar-refractivity contribution >= 4 is 20.7 Å². The van der Waals surface area contributed by atoms with Crippen LogP contribution < -0.4 is 0 Å². The topological polar surface area (TPSA) is 46.5 Å². The third-order valence-electron chi connectivity index (χ3n) is 2.61. The molecule has 0 aliphatic rings. The molecule has 0 radical (unpaired) electrons. The van der Waals surface area contributed by atoms with Gasteiger partial charge in [0.25, 0.3) is 10.0 Å². The van der Waals surface area contributed by atoms with Crippen LogP contribution in [0, 0.1) is 6.92 Å². The maximum atomic E-state index is 12.2. The fourth-order valence-electron chi connectivity index (χ4n) is 1.56. The number of nitrogens with zero attached hydrogens (tertiary/aromatic N) is 1. The minimum absolute atomic E-state index is 0.244. The van der Waals surface area contributed by atoms with Crippen LogP contribution >= 0.6 is 0 Å². The normalized spacial score (nSPS) is 13.4. The molecule has 1 unspecified atom stereocenters. The molecular weight excluding hydrogens is 278 g/mol. The average Bonchev–Trinajstić information content (AvgIpc) is 2.40. The third-order valence-corrected chi connectivity index (χ3v) is 6.11. The molecule has 100 valence electrons. The van der Waals surface area contributed by atoms with Gasteiger partial charge in [0, 0.05) is 4.90 Å². The van der Waals surface area contributed by atoms with Gasteiger partial charge >= 0.3 is 0 Å². The number of aryl methyl sites for hydroxylation is 1. The Balaban J connectivity index is 2.39. The van der Waals surface area contributed by atoms with E-state index in [2.05, 4.69) is 3.77 Å². The van der Waals surface area contributed by atoms with Gasteiger partial charge in [-0.2, -0.15) is 8.42 Å². The molecule has 0 bridgehead atoms. The fraction of sp³-hybridized carbons (Fsp3) is 0.143. The molecule has 0 spiro atoms. The van der Waals surface area contributed by atoms with Crippen LogP contribution in [-0.4, -0.2) is 14.7 Å². The maximum absolute atomic E-state index is 12.2. The van der Waals surface area contributed by atoms with Crippen molar-refractivity contribution in [2.45, 2.75) is 16.7 Å². The number of sulfonamides is 1. The van der Waals surface area contributed by atoms with E-state index in [4.69, 9.17) is 0 Å². The first kappa shape index (κ1) is 14.0. The molecule has 19 heavy (non-hydrogen) atoms. The highest BCUT2D eigenvalue weighted by Crippen LogP contribution is 2.16. The lowest BCUT2D eigenvalue weighted by molar-refractivity contribution is 0.598. The highest BCUT2D eigenvalue weighted by atomic mass is 32.3. The summed E-state index contributed by atoms with van der Waals surface area (Å²) in [5.74, 6) is 0. The summed E-state index contributed by atoms with van der Waals surface area (Å²) in [6.45, 7) is 1.92. The monoisotopic (exact) mass is 293 g/mol. The molecule has 0 saturated heterocycles. The summed E-state index contributed by atoms with van der Waals surface area (Å²) in [6.07, 6.45) is 1.81. The molecule has 5 heteroatoms. The van der Waals surface area contributed by atoms with E-state index in [0.29, 0.717) is 0 Å². The summed E-state index contributed by atoms with van der Waals surface area (Å²) in [5.41, 5.74) is 1.03. The van der Waals surface area contributed by atoms with Crippen molar-refractivity contribution in [1.82, 2.24) is 0 Å². The van der Waals surface area contributed by atoms with Crippen LogP contribution in [0.25, 0.3) is 0 Å². The van der Waals surface area contributed by atoms with Gasteiger partial charge in [0.05, 0.1) is 4.90 Å². The lowest BCUT2D eigenvalue weighted by Gasteiger charge is -2.03. The van der Waals surface area contributed by atoms with Crippen LogP contribution in [0.15, 0.2) is 68.2 Å². The van der Waals surface area contributed by atoms with Gasteiger partial charge < -0.3 is 0 Å². The predicted molar refractivity (Wildman–Crippen MR) is 78.8 cm³/mol. The Morgan fingerprint density at radius 2 is 1.53 bits per heavy atom. The van der Waals surface area contributed by atoms with E-state index in [0.717, 1.165) is 10.5 Å². The van der Waals surface area contributed by atoms with Crippen LogP contribution in [0.4, 0.5) is 0 Å². The molecule has 0 aliphatic carbocycles. The van der Waals surface area contributed by atoms with Gasteiger partial charge in [-0.3, -0.25) is 0 Å². The molecule has 0 aliphatic heterocycles. The van der Waals surface area contributed by atoms with Crippen molar-refractivity contribution in [3.63, 3.8) is 0 Å².